The highest BCUT2D eigenvalue weighted by molar-refractivity contribution is 6.74. The summed E-state index contributed by atoms with van der Waals surface area (Å²) in [6, 6.07) is 17.4. The van der Waals surface area contributed by atoms with Crippen LogP contribution < -0.4 is 4.74 Å². The summed E-state index contributed by atoms with van der Waals surface area (Å²) in [6.07, 6.45) is 2.75. The van der Waals surface area contributed by atoms with Crippen LogP contribution in [0.5, 0.6) is 5.75 Å². The second-order valence-corrected chi connectivity index (χ2v) is 21.8. The maximum absolute atomic E-state index is 13.6. The third-order valence-corrected chi connectivity index (χ3v) is 15.6. The minimum Gasteiger partial charge on any atom is -0.497 e. The van der Waals surface area contributed by atoms with Crippen LogP contribution >= 0.6 is 0 Å². The Morgan fingerprint density at radius 3 is 2.12 bits per heavy atom. The number of ether oxygens (including phenoxy) is 8. The lowest BCUT2D eigenvalue weighted by molar-refractivity contribution is -0.402. The second kappa shape index (κ2) is 22.3. The topological polar surface area (TPSA) is 117 Å². The smallest absolute Gasteiger partial charge is 0.330 e. The van der Waals surface area contributed by atoms with E-state index < -0.39 is 56.2 Å². The Morgan fingerprint density at radius 2 is 1.53 bits per heavy atom. The van der Waals surface area contributed by atoms with Gasteiger partial charge in [0.1, 0.15) is 11.9 Å². The molecule has 0 N–H and O–H groups in total. The van der Waals surface area contributed by atoms with Gasteiger partial charge in [-0.3, -0.25) is 4.79 Å². The zero-order chi connectivity index (χ0) is 42.3. The molecule has 57 heavy (non-hydrogen) atoms. The van der Waals surface area contributed by atoms with E-state index in [0.29, 0.717) is 18.6 Å². The van der Waals surface area contributed by atoms with Crippen LogP contribution in [0.4, 0.5) is 0 Å². The van der Waals surface area contributed by atoms with E-state index in [1.165, 1.54) is 20.3 Å². The molecule has 1 aliphatic heterocycles. The average Bonchev–Trinajstić information content (AvgIpc) is 3.18. The van der Waals surface area contributed by atoms with Crippen molar-refractivity contribution in [3.8, 4) is 5.75 Å². The van der Waals surface area contributed by atoms with Crippen LogP contribution in [0.15, 0.2) is 66.2 Å². The first kappa shape index (κ1) is 48.3. The summed E-state index contributed by atoms with van der Waals surface area (Å²) in [4.78, 5) is 26.7. The van der Waals surface area contributed by atoms with Gasteiger partial charge in [0.2, 0.25) is 5.79 Å². The molecule has 2 aromatic carbocycles. The zero-order valence-electron chi connectivity index (χ0n) is 36.6. The highest BCUT2D eigenvalue weighted by Crippen LogP contribution is 2.49. The molecule has 1 saturated heterocycles. The number of benzene rings is 2. The number of hydrogen-bond acceptors (Lipinski definition) is 11. The number of rotatable bonds is 23. The van der Waals surface area contributed by atoms with Gasteiger partial charge >= 0.3 is 11.9 Å². The monoisotopic (exact) mass is 814 g/mol. The molecule has 0 amide bonds. The van der Waals surface area contributed by atoms with Gasteiger partial charge in [-0.05, 0) is 60.3 Å². The Morgan fingerprint density at radius 1 is 0.895 bits per heavy atom. The number of unbranched alkanes of at least 4 members (excludes halogenated alkanes) is 4. The molecule has 0 spiro atoms. The van der Waals surface area contributed by atoms with Gasteiger partial charge in [-0.25, -0.2) is 4.79 Å². The van der Waals surface area contributed by atoms with E-state index in [1.807, 2.05) is 75.4 Å². The van der Waals surface area contributed by atoms with E-state index in [2.05, 4.69) is 40.8 Å². The molecule has 12 heteroatoms. The fraction of sp³-hybridized carbons (Fsp3) is 0.644. The third kappa shape index (κ3) is 14.0. The summed E-state index contributed by atoms with van der Waals surface area (Å²) >= 11 is 0. The molecule has 0 saturated carbocycles. The van der Waals surface area contributed by atoms with E-state index in [9.17, 15) is 9.59 Å². The summed E-state index contributed by atoms with van der Waals surface area (Å²) in [5, 5.41) is -0.0771. The van der Waals surface area contributed by atoms with Crippen molar-refractivity contribution >= 4 is 20.3 Å². The van der Waals surface area contributed by atoms with Crippen LogP contribution in [0.3, 0.4) is 0 Å². The van der Waals surface area contributed by atoms with E-state index in [4.69, 9.17) is 42.3 Å². The summed E-state index contributed by atoms with van der Waals surface area (Å²) in [7, 11) is 2.16. The molecule has 0 radical (unpaired) electrons. The van der Waals surface area contributed by atoms with Crippen molar-refractivity contribution in [2.75, 3.05) is 27.9 Å². The van der Waals surface area contributed by atoms with Crippen molar-refractivity contribution in [3.63, 3.8) is 0 Å². The predicted octanol–water partition coefficient (Wildman–Crippen LogP) is 9.67. The molecule has 2 aromatic rings. The number of carbonyl (C=O) groups is 2. The SMILES string of the molecule is CCCCCCCC(=O)O[C@H]1/C(=C/C(=O)OC)C[C@@H](OC(OCc2ccc(OC)cc2)[C@H](C)OCc2ccccc2)OC1(OC)C(C)(C)CO[Si](C)(C)C(C)(C)C. The predicted molar refractivity (Wildman–Crippen MR) is 223 cm³/mol. The quantitative estimate of drug-likeness (QED) is 0.0351. The normalized spacial score (nSPS) is 20.9. The van der Waals surface area contributed by atoms with Crippen LogP contribution in [-0.2, 0) is 60.4 Å². The van der Waals surface area contributed by atoms with Gasteiger partial charge in [0.05, 0.1) is 27.4 Å². The van der Waals surface area contributed by atoms with Crippen molar-refractivity contribution in [1.82, 2.24) is 0 Å². The van der Waals surface area contributed by atoms with Gasteiger partial charge in [-0.15, -0.1) is 0 Å². The van der Waals surface area contributed by atoms with Gasteiger partial charge in [-0.2, -0.15) is 0 Å². The number of methoxy groups -OCH3 is 3. The maximum atomic E-state index is 13.6. The maximum Gasteiger partial charge on any atom is 0.330 e. The third-order valence-electron chi connectivity index (χ3n) is 11.1. The Hall–Kier alpha value is -3.10. The summed E-state index contributed by atoms with van der Waals surface area (Å²) in [5.74, 6) is -1.97. The summed E-state index contributed by atoms with van der Waals surface area (Å²) < 4.78 is 56.4. The van der Waals surface area contributed by atoms with Gasteiger partial charge in [0.15, 0.2) is 27.0 Å². The summed E-state index contributed by atoms with van der Waals surface area (Å²) in [5.41, 5.74) is 1.35. The largest absolute Gasteiger partial charge is 0.497 e. The number of esters is 2. The summed E-state index contributed by atoms with van der Waals surface area (Å²) in [6.45, 7) is 19.5. The van der Waals surface area contributed by atoms with Crippen LogP contribution in [0.25, 0.3) is 0 Å². The van der Waals surface area contributed by atoms with Crippen LogP contribution in [0.1, 0.15) is 105 Å². The average molecular weight is 815 g/mol. The first-order chi connectivity index (χ1) is 26.9. The van der Waals surface area contributed by atoms with Gasteiger partial charge < -0.3 is 42.3 Å². The molecule has 1 aliphatic rings. The highest BCUT2D eigenvalue weighted by Gasteiger charge is 2.61. The Bertz CT molecular complexity index is 1540. The fourth-order valence-corrected chi connectivity index (χ4v) is 7.47. The first-order valence-electron chi connectivity index (χ1n) is 20.3. The Kier molecular flexibility index (Phi) is 18.9. The molecular weight excluding hydrogens is 745 g/mol. The standard InChI is InChI=1S/C45H70O11Si/c1-13-14-15-16-20-23-38(46)54-41-36(28-39(47)49-9)29-40(56-45(41,50-10)44(6,7)32-53-57(11,12)43(3,4)5)55-42(33(2)51-30-34-21-18-17-19-22-34)52-31-35-24-26-37(48-8)27-25-35/h17-19,21-22,24-28,33,40-42H,13-16,20,23,29-32H2,1-12H3/b36-28+/t33-,40-,41-,42?,45?/m0/s1. The van der Waals surface area contributed by atoms with Crippen molar-refractivity contribution < 1.29 is 51.9 Å². The fourth-order valence-electron chi connectivity index (χ4n) is 6.32. The molecule has 2 unspecified atom stereocenters. The second-order valence-electron chi connectivity index (χ2n) is 17.0. The molecule has 1 heterocycles. The Balaban J connectivity index is 2.06. The van der Waals surface area contributed by atoms with Gasteiger partial charge in [0.25, 0.3) is 0 Å². The van der Waals surface area contributed by atoms with E-state index >= 15 is 0 Å². The lowest BCUT2D eigenvalue weighted by atomic mass is 9.76. The van der Waals surface area contributed by atoms with Crippen LogP contribution in [-0.4, -0.2) is 78.8 Å². The van der Waals surface area contributed by atoms with Crippen LogP contribution in [0.2, 0.25) is 18.1 Å². The van der Waals surface area contributed by atoms with Gasteiger partial charge in [-0.1, -0.05) is 110 Å². The van der Waals surface area contributed by atoms with E-state index in [-0.39, 0.29) is 31.1 Å². The Labute approximate surface area is 343 Å². The lowest BCUT2D eigenvalue weighted by Crippen LogP contribution is -2.65. The van der Waals surface area contributed by atoms with E-state index in [0.717, 1.165) is 42.6 Å². The minimum absolute atomic E-state index is 0.0433. The van der Waals surface area contributed by atoms with Crippen molar-refractivity contribution in [1.29, 1.82) is 0 Å². The van der Waals surface area contributed by atoms with E-state index in [1.54, 1.807) is 7.11 Å². The molecule has 3 rings (SSSR count). The first-order valence-corrected chi connectivity index (χ1v) is 23.2. The number of hydrogen-bond donors (Lipinski definition) is 0. The van der Waals surface area contributed by atoms with Crippen LogP contribution in [0, 0.1) is 5.41 Å². The molecule has 1 fully saturated rings. The molecule has 5 atom stereocenters. The molecule has 0 aliphatic carbocycles. The lowest BCUT2D eigenvalue weighted by Gasteiger charge is -2.54. The van der Waals surface area contributed by atoms with Gasteiger partial charge in [0, 0.05) is 38.0 Å². The highest BCUT2D eigenvalue weighted by atomic mass is 28.4. The minimum atomic E-state index is -2.28. The molecule has 11 nitrogen and oxygen atoms in total. The van der Waals surface area contributed by atoms with Crippen molar-refractivity contribution in [2.45, 2.75) is 155 Å². The molecule has 0 bridgehead atoms. The molecule has 0 aromatic heterocycles. The number of carbonyl (C=O) groups excluding carboxylic acids is 2. The molecule has 320 valence electrons. The van der Waals surface area contributed by atoms with Crippen molar-refractivity contribution in [3.05, 3.63) is 77.4 Å². The molecular formula is C45H70O11Si. The van der Waals surface area contributed by atoms with Crippen molar-refractivity contribution in [2.24, 2.45) is 5.41 Å². The zero-order valence-corrected chi connectivity index (χ0v) is 37.6.